The van der Waals surface area contributed by atoms with E-state index >= 15 is 0 Å². The number of rotatable bonds is 6. The monoisotopic (exact) mass is 255 g/mol. The van der Waals surface area contributed by atoms with Crippen LogP contribution in [0.4, 0.5) is 0 Å². The summed E-state index contributed by atoms with van der Waals surface area (Å²) in [6.07, 6.45) is 6.28. The van der Waals surface area contributed by atoms with Gasteiger partial charge in [0.05, 0.1) is 0 Å². The molecule has 0 aromatic rings. The van der Waals surface area contributed by atoms with E-state index in [-0.39, 0.29) is 23.7 Å². The molecule has 1 rings (SSSR count). The molecule has 104 valence electrons. The Morgan fingerprint density at radius 3 is 2.39 bits per heavy atom. The summed E-state index contributed by atoms with van der Waals surface area (Å²) in [5.74, 6) is -0.648. The molecule has 0 saturated heterocycles. The zero-order valence-electron chi connectivity index (χ0n) is 11.5. The number of carboxylic acid groups (broad SMARTS) is 1. The Bertz CT molecular complexity index is 295. The van der Waals surface area contributed by atoms with Gasteiger partial charge in [0.25, 0.3) is 0 Å². The Morgan fingerprint density at radius 2 is 1.89 bits per heavy atom. The molecule has 1 aliphatic rings. The van der Waals surface area contributed by atoms with Crippen LogP contribution in [0.2, 0.25) is 0 Å². The number of aliphatic carboxylic acids is 1. The molecule has 0 radical (unpaired) electrons. The predicted molar refractivity (Wildman–Crippen MR) is 70.2 cm³/mol. The van der Waals surface area contributed by atoms with Gasteiger partial charge in [0.2, 0.25) is 5.91 Å². The summed E-state index contributed by atoms with van der Waals surface area (Å²) < 4.78 is 0. The van der Waals surface area contributed by atoms with Crippen LogP contribution in [0.25, 0.3) is 0 Å². The average Bonchev–Trinajstić information content (AvgIpc) is 2.34. The van der Waals surface area contributed by atoms with Crippen molar-refractivity contribution in [3.8, 4) is 0 Å². The summed E-state index contributed by atoms with van der Waals surface area (Å²) in [6.45, 7) is 4.47. The van der Waals surface area contributed by atoms with E-state index in [1.54, 1.807) is 0 Å². The highest BCUT2D eigenvalue weighted by Crippen LogP contribution is 2.35. The van der Waals surface area contributed by atoms with Crippen molar-refractivity contribution in [1.82, 2.24) is 5.32 Å². The van der Waals surface area contributed by atoms with Crippen molar-refractivity contribution < 1.29 is 14.7 Å². The lowest BCUT2D eigenvalue weighted by Crippen LogP contribution is -2.42. The van der Waals surface area contributed by atoms with Crippen LogP contribution in [0.5, 0.6) is 0 Å². The van der Waals surface area contributed by atoms with E-state index in [9.17, 15) is 9.59 Å². The zero-order valence-corrected chi connectivity index (χ0v) is 11.5. The van der Waals surface area contributed by atoms with Crippen LogP contribution in [0.1, 0.15) is 58.8 Å². The van der Waals surface area contributed by atoms with Crippen LogP contribution in [-0.4, -0.2) is 23.5 Å². The highest BCUT2D eigenvalue weighted by Gasteiger charge is 2.34. The third-order valence-electron chi connectivity index (χ3n) is 4.10. The van der Waals surface area contributed by atoms with E-state index < -0.39 is 5.97 Å². The number of amides is 1. The average molecular weight is 255 g/mol. The van der Waals surface area contributed by atoms with Crippen molar-refractivity contribution in [2.45, 2.75) is 58.8 Å². The van der Waals surface area contributed by atoms with Gasteiger partial charge in [0.15, 0.2) is 0 Å². The van der Waals surface area contributed by atoms with Gasteiger partial charge in [-0.05, 0) is 18.8 Å². The molecule has 1 fully saturated rings. The molecule has 4 nitrogen and oxygen atoms in total. The van der Waals surface area contributed by atoms with Gasteiger partial charge in [-0.2, -0.15) is 0 Å². The highest BCUT2D eigenvalue weighted by molar-refractivity contribution is 5.82. The fourth-order valence-electron chi connectivity index (χ4n) is 2.62. The topological polar surface area (TPSA) is 66.4 Å². The standard InChI is InChI=1S/C14H25NO3/c1-3-11(9-12(16)17)10-15-13(18)14(2)7-5-4-6-8-14/h11H,3-10H2,1-2H3,(H,15,18)(H,16,17). The molecule has 0 aromatic carbocycles. The fraction of sp³-hybridized carbons (Fsp3) is 0.857. The summed E-state index contributed by atoms with van der Waals surface area (Å²) in [7, 11) is 0. The number of carbonyl (C=O) groups excluding carboxylic acids is 1. The normalized spacial score (nSPS) is 20.1. The van der Waals surface area contributed by atoms with Crippen molar-refractivity contribution in [2.24, 2.45) is 11.3 Å². The zero-order chi connectivity index (χ0) is 13.6. The van der Waals surface area contributed by atoms with Crippen LogP contribution in [0.3, 0.4) is 0 Å². The van der Waals surface area contributed by atoms with E-state index in [4.69, 9.17) is 5.11 Å². The molecule has 1 atom stereocenters. The quantitative estimate of drug-likeness (QED) is 0.766. The molecule has 0 aliphatic heterocycles. The first-order valence-electron chi connectivity index (χ1n) is 6.98. The Balaban J connectivity index is 2.41. The van der Waals surface area contributed by atoms with Gasteiger partial charge in [-0.15, -0.1) is 0 Å². The second kappa shape index (κ2) is 6.76. The number of hydrogen-bond donors (Lipinski definition) is 2. The van der Waals surface area contributed by atoms with Crippen LogP contribution in [-0.2, 0) is 9.59 Å². The third kappa shape index (κ3) is 4.31. The summed E-state index contributed by atoms with van der Waals surface area (Å²) in [6, 6.07) is 0. The lowest BCUT2D eigenvalue weighted by molar-refractivity contribution is -0.139. The van der Waals surface area contributed by atoms with E-state index in [1.807, 2.05) is 13.8 Å². The molecular formula is C14H25NO3. The summed E-state index contributed by atoms with van der Waals surface area (Å²) >= 11 is 0. The minimum absolute atomic E-state index is 0.0404. The molecule has 1 saturated carbocycles. The molecule has 0 spiro atoms. The Kier molecular flexibility index (Phi) is 5.63. The first kappa shape index (κ1) is 15.0. The first-order valence-corrected chi connectivity index (χ1v) is 6.98. The van der Waals surface area contributed by atoms with Gasteiger partial charge in [-0.3, -0.25) is 9.59 Å². The Morgan fingerprint density at radius 1 is 1.28 bits per heavy atom. The number of nitrogens with one attached hydrogen (secondary N) is 1. The molecule has 18 heavy (non-hydrogen) atoms. The molecule has 1 aliphatic carbocycles. The minimum atomic E-state index is -0.792. The van der Waals surface area contributed by atoms with Crippen molar-refractivity contribution in [3.05, 3.63) is 0 Å². The number of carbonyl (C=O) groups is 2. The first-order chi connectivity index (χ1) is 8.48. The lowest BCUT2D eigenvalue weighted by atomic mass is 9.75. The van der Waals surface area contributed by atoms with Gasteiger partial charge in [0, 0.05) is 18.4 Å². The molecular weight excluding hydrogens is 230 g/mol. The maximum absolute atomic E-state index is 12.2. The molecule has 0 bridgehead atoms. The van der Waals surface area contributed by atoms with Crippen molar-refractivity contribution in [2.75, 3.05) is 6.54 Å². The SMILES string of the molecule is CCC(CNC(=O)C1(C)CCCCC1)CC(=O)O. The van der Waals surface area contributed by atoms with Gasteiger partial charge in [0.1, 0.15) is 0 Å². The van der Waals surface area contributed by atoms with Gasteiger partial charge in [-0.25, -0.2) is 0 Å². The highest BCUT2D eigenvalue weighted by atomic mass is 16.4. The minimum Gasteiger partial charge on any atom is -0.481 e. The Hall–Kier alpha value is -1.06. The van der Waals surface area contributed by atoms with E-state index in [1.165, 1.54) is 6.42 Å². The molecule has 0 heterocycles. The molecule has 0 aromatic heterocycles. The molecule has 1 unspecified atom stereocenters. The molecule has 1 amide bonds. The van der Waals surface area contributed by atoms with Crippen molar-refractivity contribution in [3.63, 3.8) is 0 Å². The van der Waals surface area contributed by atoms with Crippen LogP contribution in [0.15, 0.2) is 0 Å². The Labute approximate surface area is 109 Å². The van der Waals surface area contributed by atoms with E-state index in [0.29, 0.717) is 6.54 Å². The smallest absolute Gasteiger partial charge is 0.303 e. The third-order valence-corrected chi connectivity index (χ3v) is 4.10. The fourth-order valence-corrected chi connectivity index (χ4v) is 2.62. The van der Waals surface area contributed by atoms with Gasteiger partial charge >= 0.3 is 5.97 Å². The van der Waals surface area contributed by atoms with Crippen molar-refractivity contribution in [1.29, 1.82) is 0 Å². The summed E-state index contributed by atoms with van der Waals surface area (Å²) in [4.78, 5) is 22.8. The summed E-state index contributed by atoms with van der Waals surface area (Å²) in [5.41, 5.74) is -0.236. The lowest BCUT2D eigenvalue weighted by Gasteiger charge is -2.32. The van der Waals surface area contributed by atoms with Crippen LogP contribution >= 0.6 is 0 Å². The van der Waals surface area contributed by atoms with E-state index in [2.05, 4.69) is 5.32 Å². The van der Waals surface area contributed by atoms with Crippen LogP contribution in [0, 0.1) is 11.3 Å². The van der Waals surface area contributed by atoms with Crippen LogP contribution < -0.4 is 5.32 Å². The number of carboxylic acids is 1. The van der Waals surface area contributed by atoms with Gasteiger partial charge < -0.3 is 10.4 Å². The number of hydrogen-bond acceptors (Lipinski definition) is 2. The maximum Gasteiger partial charge on any atom is 0.303 e. The maximum atomic E-state index is 12.2. The molecule has 4 heteroatoms. The molecule has 2 N–H and O–H groups in total. The summed E-state index contributed by atoms with van der Waals surface area (Å²) in [5, 5.41) is 11.7. The second-order valence-corrected chi connectivity index (χ2v) is 5.70. The second-order valence-electron chi connectivity index (χ2n) is 5.70. The largest absolute Gasteiger partial charge is 0.481 e. The predicted octanol–water partition coefficient (Wildman–Crippen LogP) is 2.57. The van der Waals surface area contributed by atoms with Crippen molar-refractivity contribution >= 4 is 11.9 Å². The van der Waals surface area contributed by atoms with E-state index in [0.717, 1.165) is 32.1 Å². The van der Waals surface area contributed by atoms with Gasteiger partial charge in [-0.1, -0.05) is 39.5 Å².